The number of sulfone groups is 1. The molecule has 1 aliphatic heterocycles. The van der Waals surface area contributed by atoms with Crippen LogP contribution in [0, 0.1) is 6.92 Å². The number of amides is 1. The first-order chi connectivity index (χ1) is 11.7. The molecule has 0 N–H and O–H groups in total. The van der Waals surface area contributed by atoms with Crippen LogP contribution in [0.2, 0.25) is 0 Å². The summed E-state index contributed by atoms with van der Waals surface area (Å²) >= 11 is 1.07. The second-order valence-corrected chi connectivity index (χ2v) is 8.99. The molecule has 0 spiro atoms. The summed E-state index contributed by atoms with van der Waals surface area (Å²) in [5.74, 6) is -0.931. The minimum atomic E-state index is -3.09. The lowest BCUT2D eigenvalue weighted by Gasteiger charge is -2.26. The van der Waals surface area contributed by atoms with E-state index < -0.39 is 28.3 Å². The maximum atomic E-state index is 12.2. The van der Waals surface area contributed by atoms with Gasteiger partial charge in [-0.1, -0.05) is 11.3 Å². The van der Waals surface area contributed by atoms with E-state index in [4.69, 9.17) is 4.74 Å². The molecular formula is C15H22N2O6S2. The predicted molar refractivity (Wildman–Crippen MR) is 93.3 cm³/mol. The molecule has 10 heteroatoms. The number of hydrogen-bond donors (Lipinski definition) is 0. The maximum Gasteiger partial charge on any atom is 0.308 e. The molecule has 1 aromatic rings. The average molecular weight is 390 g/mol. The zero-order valence-corrected chi connectivity index (χ0v) is 15.9. The van der Waals surface area contributed by atoms with Crippen LogP contribution in [0.1, 0.15) is 25.5 Å². The second-order valence-electron chi connectivity index (χ2n) is 5.94. The molecule has 0 bridgehead atoms. The van der Waals surface area contributed by atoms with Crippen LogP contribution in [0.25, 0.3) is 0 Å². The first-order valence-corrected chi connectivity index (χ1v) is 10.7. The van der Waals surface area contributed by atoms with Crippen LogP contribution in [-0.2, 0) is 30.7 Å². The van der Waals surface area contributed by atoms with Gasteiger partial charge in [-0.25, -0.2) is 8.42 Å². The van der Waals surface area contributed by atoms with Gasteiger partial charge in [-0.3, -0.25) is 14.4 Å². The number of carbonyl (C=O) groups excluding carboxylic acids is 2. The molecular weight excluding hydrogens is 368 g/mol. The quantitative estimate of drug-likeness (QED) is 0.616. The zero-order valence-electron chi connectivity index (χ0n) is 14.3. The van der Waals surface area contributed by atoms with Gasteiger partial charge in [0.15, 0.2) is 16.4 Å². The molecule has 1 saturated heterocycles. The maximum absolute atomic E-state index is 12.2. The van der Waals surface area contributed by atoms with E-state index in [9.17, 15) is 22.8 Å². The summed E-state index contributed by atoms with van der Waals surface area (Å²) in [7, 11) is -3.09. The number of esters is 1. The number of aromatic nitrogens is 1. The van der Waals surface area contributed by atoms with Crippen LogP contribution in [0.3, 0.4) is 0 Å². The van der Waals surface area contributed by atoms with Gasteiger partial charge in [0.1, 0.15) is 0 Å². The van der Waals surface area contributed by atoms with Crippen molar-refractivity contribution in [1.29, 1.82) is 0 Å². The van der Waals surface area contributed by atoms with Gasteiger partial charge in [0.2, 0.25) is 0 Å². The molecule has 1 unspecified atom stereocenters. The highest BCUT2D eigenvalue weighted by Crippen LogP contribution is 2.17. The van der Waals surface area contributed by atoms with Crippen LogP contribution in [-0.4, -0.2) is 60.5 Å². The Bertz CT molecular complexity index is 795. The summed E-state index contributed by atoms with van der Waals surface area (Å²) < 4.78 is 29.6. The monoisotopic (exact) mass is 390 g/mol. The Kier molecular flexibility index (Phi) is 6.39. The molecule has 2 rings (SSSR count). The summed E-state index contributed by atoms with van der Waals surface area (Å²) in [6.07, 6.45) is 0.408. The summed E-state index contributed by atoms with van der Waals surface area (Å²) in [4.78, 5) is 36.9. The first-order valence-electron chi connectivity index (χ1n) is 8.04. The number of thiazole rings is 1. The van der Waals surface area contributed by atoms with Crippen molar-refractivity contribution in [3.8, 4) is 0 Å². The van der Waals surface area contributed by atoms with E-state index in [2.05, 4.69) is 0 Å². The molecule has 1 fully saturated rings. The Labute approximate surface area is 150 Å². The summed E-state index contributed by atoms with van der Waals surface area (Å²) in [5, 5.41) is 1.71. The van der Waals surface area contributed by atoms with E-state index in [0.717, 1.165) is 17.0 Å². The molecule has 1 aliphatic rings. The van der Waals surface area contributed by atoms with Crippen molar-refractivity contribution in [2.45, 2.75) is 39.3 Å². The Morgan fingerprint density at radius 1 is 1.44 bits per heavy atom. The fraction of sp³-hybridized carbons (Fsp3) is 0.667. The van der Waals surface area contributed by atoms with Crippen molar-refractivity contribution < 1.29 is 22.7 Å². The van der Waals surface area contributed by atoms with Crippen molar-refractivity contribution in [1.82, 2.24) is 9.47 Å². The van der Waals surface area contributed by atoms with E-state index in [-0.39, 0.29) is 35.4 Å². The zero-order chi connectivity index (χ0) is 18.6. The average Bonchev–Trinajstić information content (AvgIpc) is 3.06. The number of hydrogen-bond acceptors (Lipinski definition) is 7. The molecule has 8 nitrogen and oxygen atoms in total. The fourth-order valence-electron chi connectivity index (χ4n) is 2.83. The lowest BCUT2D eigenvalue weighted by atomic mass is 10.2. The lowest BCUT2D eigenvalue weighted by Crippen LogP contribution is -2.43. The third kappa shape index (κ3) is 5.15. The number of nitrogens with zero attached hydrogens (tertiary/aromatic N) is 2. The highest BCUT2D eigenvalue weighted by molar-refractivity contribution is 7.91. The lowest BCUT2D eigenvalue weighted by molar-refractivity contribution is -0.153. The Hall–Kier alpha value is -1.68. The van der Waals surface area contributed by atoms with Gasteiger partial charge in [-0.2, -0.15) is 0 Å². The first kappa shape index (κ1) is 19.6. The Morgan fingerprint density at radius 3 is 2.68 bits per heavy atom. The van der Waals surface area contributed by atoms with Gasteiger partial charge in [-0.15, -0.1) is 0 Å². The largest absolute Gasteiger partial charge is 0.456 e. The van der Waals surface area contributed by atoms with Crippen LogP contribution in [0.5, 0.6) is 0 Å². The number of carbonyl (C=O) groups is 2. The van der Waals surface area contributed by atoms with Gasteiger partial charge in [0.05, 0.1) is 17.9 Å². The van der Waals surface area contributed by atoms with Gasteiger partial charge >= 0.3 is 10.8 Å². The summed E-state index contributed by atoms with van der Waals surface area (Å²) in [6, 6.07) is -0.353. The number of aryl methyl sites for hydroxylation is 1. The van der Waals surface area contributed by atoms with Gasteiger partial charge < -0.3 is 14.2 Å². The normalized spacial score (nSPS) is 18.9. The summed E-state index contributed by atoms with van der Waals surface area (Å²) in [5.41, 5.74) is 0.776. The SMILES string of the molecule is CCN(C(=O)COC(=O)CCn1c(C)csc1=O)C1CCS(=O)(=O)C1. The van der Waals surface area contributed by atoms with Crippen LogP contribution >= 0.6 is 11.3 Å². The molecule has 1 amide bonds. The second kappa shape index (κ2) is 8.13. The minimum absolute atomic E-state index is 0.00527. The molecule has 140 valence electrons. The van der Waals surface area contributed by atoms with Gasteiger partial charge in [0, 0.05) is 30.2 Å². The molecule has 0 saturated carbocycles. The minimum Gasteiger partial charge on any atom is -0.456 e. The van der Waals surface area contributed by atoms with Crippen LogP contribution in [0.4, 0.5) is 0 Å². The Balaban J connectivity index is 1.82. The molecule has 0 aliphatic carbocycles. The van der Waals surface area contributed by atoms with Gasteiger partial charge in [-0.05, 0) is 20.3 Å². The number of likely N-dealkylation sites (N-methyl/N-ethyl adjacent to an activating group) is 1. The van der Waals surface area contributed by atoms with E-state index in [0.29, 0.717) is 13.0 Å². The molecule has 2 heterocycles. The van der Waals surface area contributed by atoms with Crippen molar-refractivity contribution >= 4 is 33.1 Å². The van der Waals surface area contributed by atoms with E-state index in [1.807, 2.05) is 0 Å². The van der Waals surface area contributed by atoms with E-state index in [1.165, 1.54) is 9.47 Å². The highest BCUT2D eigenvalue weighted by atomic mass is 32.2. The van der Waals surface area contributed by atoms with Crippen molar-refractivity contribution in [2.24, 2.45) is 0 Å². The predicted octanol–water partition coefficient (Wildman–Crippen LogP) is 0.187. The third-order valence-corrected chi connectivity index (χ3v) is 6.81. The van der Waals surface area contributed by atoms with Crippen molar-refractivity contribution in [3.63, 3.8) is 0 Å². The van der Waals surface area contributed by atoms with Crippen molar-refractivity contribution in [3.05, 3.63) is 20.7 Å². The smallest absolute Gasteiger partial charge is 0.308 e. The van der Waals surface area contributed by atoms with Gasteiger partial charge in [0.25, 0.3) is 5.91 Å². The van der Waals surface area contributed by atoms with Crippen LogP contribution in [0.15, 0.2) is 10.2 Å². The third-order valence-electron chi connectivity index (χ3n) is 4.18. The van der Waals surface area contributed by atoms with Crippen molar-refractivity contribution in [2.75, 3.05) is 24.7 Å². The molecule has 0 radical (unpaired) electrons. The van der Waals surface area contributed by atoms with Crippen LogP contribution < -0.4 is 4.87 Å². The van der Waals surface area contributed by atoms with E-state index >= 15 is 0 Å². The number of rotatable bonds is 7. The fourth-order valence-corrected chi connectivity index (χ4v) is 5.33. The molecule has 1 atom stereocenters. The standard InChI is InChI=1S/C15H22N2O6S2/c1-3-16(12-5-7-25(21,22)10-12)13(18)8-23-14(19)4-6-17-11(2)9-24-15(17)20/h9,12H,3-8,10H2,1-2H3. The molecule has 0 aromatic carbocycles. The Morgan fingerprint density at radius 2 is 2.16 bits per heavy atom. The summed E-state index contributed by atoms with van der Waals surface area (Å²) in [6.45, 7) is 3.69. The highest BCUT2D eigenvalue weighted by Gasteiger charge is 2.34. The molecule has 1 aromatic heterocycles. The number of ether oxygens (including phenoxy) is 1. The molecule has 25 heavy (non-hydrogen) atoms. The topological polar surface area (TPSA) is 103 Å². The van der Waals surface area contributed by atoms with E-state index in [1.54, 1.807) is 19.2 Å².